The standard InChI is InChI=1S/C14H18N2O2S/c1-2-3-13(17)15-7-6-10-4-5-12-11(8-10)16-14(18)9-19-12/h4-5,8H,2-3,6-7,9H2,1H3,(H,15,17)(H,16,18). The van der Waals surface area contributed by atoms with Gasteiger partial charge in [0.15, 0.2) is 0 Å². The Balaban J connectivity index is 1.89. The number of carbonyl (C=O) groups excluding carboxylic acids is 2. The van der Waals surface area contributed by atoms with Crippen LogP contribution in [0.5, 0.6) is 0 Å². The Bertz CT molecular complexity index is 488. The van der Waals surface area contributed by atoms with Gasteiger partial charge in [-0.3, -0.25) is 9.59 Å². The van der Waals surface area contributed by atoms with Gasteiger partial charge in [0.25, 0.3) is 0 Å². The van der Waals surface area contributed by atoms with Crippen molar-refractivity contribution in [1.29, 1.82) is 0 Å². The van der Waals surface area contributed by atoms with Crippen molar-refractivity contribution in [3.63, 3.8) is 0 Å². The van der Waals surface area contributed by atoms with E-state index in [1.807, 2.05) is 19.1 Å². The summed E-state index contributed by atoms with van der Waals surface area (Å²) in [5, 5.41) is 5.76. The number of anilines is 1. The quantitative estimate of drug-likeness (QED) is 0.868. The van der Waals surface area contributed by atoms with E-state index in [2.05, 4.69) is 16.7 Å². The Kier molecular flexibility index (Phi) is 4.85. The van der Waals surface area contributed by atoms with Gasteiger partial charge in [0.1, 0.15) is 0 Å². The molecule has 0 radical (unpaired) electrons. The fourth-order valence-electron chi connectivity index (χ4n) is 1.95. The van der Waals surface area contributed by atoms with Crippen LogP contribution in [0.3, 0.4) is 0 Å². The molecule has 5 heteroatoms. The van der Waals surface area contributed by atoms with Crippen LogP contribution in [0.25, 0.3) is 0 Å². The summed E-state index contributed by atoms with van der Waals surface area (Å²) >= 11 is 1.56. The van der Waals surface area contributed by atoms with Gasteiger partial charge in [-0.15, -0.1) is 11.8 Å². The zero-order chi connectivity index (χ0) is 13.7. The highest BCUT2D eigenvalue weighted by atomic mass is 32.2. The normalized spacial score (nSPS) is 13.6. The maximum absolute atomic E-state index is 11.3. The fraction of sp³-hybridized carbons (Fsp3) is 0.429. The molecular formula is C14H18N2O2S. The lowest BCUT2D eigenvalue weighted by molar-refractivity contribution is -0.121. The van der Waals surface area contributed by atoms with E-state index in [1.54, 1.807) is 11.8 Å². The molecule has 19 heavy (non-hydrogen) atoms. The molecule has 0 saturated heterocycles. The van der Waals surface area contributed by atoms with Crippen LogP contribution in [0.15, 0.2) is 23.1 Å². The number of hydrogen-bond acceptors (Lipinski definition) is 3. The van der Waals surface area contributed by atoms with E-state index in [1.165, 1.54) is 0 Å². The predicted molar refractivity (Wildman–Crippen MR) is 77.4 cm³/mol. The van der Waals surface area contributed by atoms with Crippen molar-refractivity contribution in [3.8, 4) is 0 Å². The van der Waals surface area contributed by atoms with Crippen LogP contribution < -0.4 is 10.6 Å². The Hall–Kier alpha value is -1.49. The summed E-state index contributed by atoms with van der Waals surface area (Å²) in [6, 6.07) is 6.07. The van der Waals surface area contributed by atoms with Crippen LogP contribution in [0.1, 0.15) is 25.3 Å². The lowest BCUT2D eigenvalue weighted by Gasteiger charge is -2.17. The van der Waals surface area contributed by atoms with Crippen molar-refractivity contribution in [2.75, 3.05) is 17.6 Å². The second kappa shape index (κ2) is 6.61. The minimum atomic E-state index is 0.0471. The Labute approximate surface area is 117 Å². The van der Waals surface area contributed by atoms with Gasteiger partial charge in [0, 0.05) is 17.9 Å². The summed E-state index contributed by atoms with van der Waals surface area (Å²) in [7, 11) is 0. The van der Waals surface area contributed by atoms with Gasteiger partial charge >= 0.3 is 0 Å². The Morgan fingerprint density at radius 2 is 2.32 bits per heavy atom. The molecule has 1 aliphatic heterocycles. The first-order valence-electron chi connectivity index (χ1n) is 6.51. The molecular weight excluding hydrogens is 260 g/mol. The molecule has 0 unspecified atom stereocenters. The van der Waals surface area contributed by atoms with Gasteiger partial charge in [-0.25, -0.2) is 0 Å². The minimum absolute atomic E-state index is 0.0471. The topological polar surface area (TPSA) is 58.2 Å². The molecule has 2 rings (SSSR count). The third-order valence-corrected chi connectivity index (χ3v) is 3.96. The molecule has 0 atom stereocenters. The molecule has 2 N–H and O–H groups in total. The molecule has 0 spiro atoms. The number of fused-ring (bicyclic) bond motifs is 1. The monoisotopic (exact) mass is 278 g/mol. The molecule has 0 aliphatic carbocycles. The summed E-state index contributed by atoms with van der Waals surface area (Å²) in [6.45, 7) is 2.63. The number of thioether (sulfide) groups is 1. The number of benzene rings is 1. The Morgan fingerprint density at radius 3 is 3.11 bits per heavy atom. The molecule has 1 aromatic rings. The van der Waals surface area contributed by atoms with Gasteiger partial charge in [0.05, 0.1) is 11.4 Å². The van der Waals surface area contributed by atoms with Crippen LogP contribution in [-0.4, -0.2) is 24.1 Å². The van der Waals surface area contributed by atoms with Crippen molar-refractivity contribution in [2.45, 2.75) is 31.1 Å². The minimum Gasteiger partial charge on any atom is -0.356 e. The van der Waals surface area contributed by atoms with E-state index in [9.17, 15) is 9.59 Å². The van der Waals surface area contributed by atoms with E-state index < -0.39 is 0 Å². The average molecular weight is 278 g/mol. The summed E-state index contributed by atoms with van der Waals surface area (Å²) in [5.41, 5.74) is 2.01. The first-order chi connectivity index (χ1) is 9.19. The van der Waals surface area contributed by atoms with Crippen LogP contribution in [0, 0.1) is 0 Å². The molecule has 4 nitrogen and oxygen atoms in total. The van der Waals surface area contributed by atoms with E-state index >= 15 is 0 Å². The summed E-state index contributed by atoms with van der Waals surface area (Å²) < 4.78 is 0. The van der Waals surface area contributed by atoms with E-state index in [0.717, 1.165) is 29.0 Å². The Morgan fingerprint density at radius 1 is 1.47 bits per heavy atom. The molecule has 0 aromatic heterocycles. The molecule has 1 aromatic carbocycles. The number of amides is 2. The average Bonchev–Trinajstić information content (AvgIpc) is 2.38. The van der Waals surface area contributed by atoms with Crippen LogP contribution in [0.4, 0.5) is 5.69 Å². The van der Waals surface area contributed by atoms with Crippen LogP contribution in [0.2, 0.25) is 0 Å². The third kappa shape index (κ3) is 3.99. The van der Waals surface area contributed by atoms with Crippen LogP contribution >= 0.6 is 11.8 Å². The summed E-state index contributed by atoms with van der Waals surface area (Å²) in [4.78, 5) is 23.8. The van der Waals surface area contributed by atoms with Crippen molar-refractivity contribution in [3.05, 3.63) is 23.8 Å². The highest BCUT2D eigenvalue weighted by Crippen LogP contribution is 2.31. The molecule has 0 bridgehead atoms. The van der Waals surface area contributed by atoms with E-state index in [0.29, 0.717) is 18.7 Å². The van der Waals surface area contributed by atoms with Gasteiger partial charge in [-0.1, -0.05) is 13.0 Å². The van der Waals surface area contributed by atoms with Gasteiger partial charge in [-0.2, -0.15) is 0 Å². The number of nitrogens with one attached hydrogen (secondary N) is 2. The molecule has 2 amide bonds. The van der Waals surface area contributed by atoms with Crippen molar-refractivity contribution >= 4 is 29.3 Å². The fourth-order valence-corrected chi connectivity index (χ4v) is 2.74. The molecule has 1 heterocycles. The highest BCUT2D eigenvalue weighted by Gasteiger charge is 2.15. The van der Waals surface area contributed by atoms with E-state index in [4.69, 9.17) is 0 Å². The lowest BCUT2D eigenvalue weighted by Crippen LogP contribution is -2.25. The molecule has 0 fully saturated rings. The first kappa shape index (κ1) is 13.9. The second-order valence-electron chi connectivity index (χ2n) is 4.52. The molecule has 102 valence electrons. The van der Waals surface area contributed by atoms with Crippen molar-refractivity contribution in [1.82, 2.24) is 5.32 Å². The molecule has 1 aliphatic rings. The van der Waals surface area contributed by atoms with Crippen LogP contribution in [-0.2, 0) is 16.0 Å². The number of hydrogen-bond donors (Lipinski definition) is 2. The maximum atomic E-state index is 11.3. The zero-order valence-electron chi connectivity index (χ0n) is 11.0. The van der Waals surface area contributed by atoms with Gasteiger partial charge in [-0.05, 0) is 30.5 Å². The maximum Gasteiger partial charge on any atom is 0.234 e. The largest absolute Gasteiger partial charge is 0.356 e. The zero-order valence-corrected chi connectivity index (χ0v) is 11.8. The predicted octanol–water partition coefficient (Wildman–Crippen LogP) is 2.19. The number of rotatable bonds is 5. The third-order valence-electron chi connectivity index (χ3n) is 2.89. The van der Waals surface area contributed by atoms with Crippen molar-refractivity contribution in [2.24, 2.45) is 0 Å². The second-order valence-corrected chi connectivity index (χ2v) is 5.53. The van der Waals surface area contributed by atoms with Gasteiger partial charge in [0.2, 0.25) is 11.8 Å². The SMILES string of the molecule is CCCC(=O)NCCc1ccc2c(c1)NC(=O)CS2. The molecule has 0 saturated carbocycles. The summed E-state index contributed by atoms with van der Waals surface area (Å²) in [6.07, 6.45) is 2.23. The highest BCUT2D eigenvalue weighted by molar-refractivity contribution is 8.00. The van der Waals surface area contributed by atoms with Gasteiger partial charge < -0.3 is 10.6 Å². The first-order valence-corrected chi connectivity index (χ1v) is 7.50. The smallest absolute Gasteiger partial charge is 0.234 e. The lowest BCUT2D eigenvalue weighted by atomic mass is 10.1. The number of carbonyl (C=O) groups is 2. The summed E-state index contributed by atoms with van der Waals surface area (Å²) in [5.74, 6) is 0.634. The van der Waals surface area contributed by atoms with Crippen molar-refractivity contribution < 1.29 is 9.59 Å². The van der Waals surface area contributed by atoms with E-state index in [-0.39, 0.29) is 11.8 Å².